The summed E-state index contributed by atoms with van der Waals surface area (Å²) in [4.78, 5) is 35.7. The van der Waals surface area contributed by atoms with Crippen LogP contribution in [0, 0.1) is 6.92 Å². The van der Waals surface area contributed by atoms with Crippen LogP contribution in [0.3, 0.4) is 0 Å². The second kappa shape index (κ2) is 9.23. The highest BCUT2D eigenvalue weighted by molar-refractivity contribution is 7.99. The van der Waals surface area contributed by atoms with E-state index >= 15 is 0 Å². The summed E-state index contributed by atoms with van der Waals surface area (Å²) in [7, 11) is 0. The molecule has 0 aromatic heterocycles. The largest absolute Gasteiger partial charge is 0.456 e. The molecule has 0 radical (unpaired) electrons. The van der Waals surface area contributed by atoms with E-state index < -0.39 is 47.8 Å². The zero-order valence-electron chi connectivity index (χ0n) is 16.0. The lowest BCUT2D eigenvalue weighted by atomic mass is 10.00. The molecule has 1 aliphatic heterocycles. The average molecular weight is 396 g/mol. The molecule has 7 nitrogen and oxygen atoms in total. The molecule has 1 heterocycles. The first-order valence-corrected chi connectivity index (χ1v) is 9.45. The summed E-state index contributed by atoms with van der Waals surface area (Å²) in [6.07, 6.45) is -3.35. The Morgan fingerprint density at radius 2 is 1.33 bits per heavy atom. The molecule has 27 heavy (non-hydrogen) atoms. The van der Waals surface area contributed by atoms with Crippen LogP contribution in [0.1, 0.15) is 33.3 Å². The number of hydrogen-bond donors (Lipinski definition) is 0. The number of rotatable bonds is 5. The van der Waals surface area contributed by atoms with Crippen molar-refractivity contribution in [1.29, 1.82) is 0 Å². The monoisotopic (exact) mass is 396 g/mol. The fraction of sp³-hybridized carbons (Fsp3) is 0.526. The lowest BCUT2D eigenvalue weighted by Gasteiger charge is -2.43. The number of benzene rings is 1. The molecule has 1 saturated heterocycles. The predicted molar refractivity (Wildman–Crippen MR) is 98.0 cm³/mol. The van der Waals surface area contributed by atoms with Gasteiger partial charge in [-0.25, -0.2) is 0 Å². The maximum atomic E-state index is 11.7. The highest BCUT2D eigenvalue weighted by atomic mass is 32.2. The Kier molecular flexibility index (Phi) is 7.26. The summed E-state index contributed by atoms with van der Waals surface area (Å²) in [6.45, 7) is 7.47. The SMILES string of the molecule is CC(=O)O[C@@H]1[C@H](OC(C)=O)[C@H](C)OC(Sc2ccc(C)cc2)[C@H]1OC(C)=O. The van der Waals surface area contributed by atoms with Crippen molar-refractivity contribution < 1.29 is 33.3 Å². The van der Waals surface area contributed by atoms with Gasteiger partial charge in [0.15, 0.2) is 18.3 Å². The van der Waals surface area contributed by atoms with Crippen LogP contribution >= 0.6 is 11.8 Å². The Bertz CT molecular complexity index is 688. The number of carbonyl (C=O) groups is 3. The summed E-state index contributed by atoms with van der Waals surface area (Å²) in [6, 6.07) is 7.77. The number of aryl methyl sites for hydroxylation is 1. The van der Waals surface area contributed by atoms with Gasteiger partial charge in [-0.3, -0.25) is 14.4 Å². The van der Waals surface area contributed by atoms with E-state index in [2.05, 4.69) is 0 Å². The highest BCUT2D eigenvalue weighted by Gasteiger charge is 2.50. The minimum atomic E-state index is -0.970. The fourth-order valence-corrected chi connectivity index (χ4v) is 3.95. The van der Waals surface area contributed by atoms with E-state index in [-0.39, 0.29) is 0 Å². The second-order valence-corrected chi connectivity index (χ2v) is 7.53. The molecule has 1 aromatic carbocycles. The maximum Gasteiger partial charge on any atom is 0.303 e. The molecule has 148 valence electrons. The van der Waals surface area contributed by atoms with Crippen molar-refractivity contribution in [3.05, 3.63) is 29.8 Å². The summed E-state index contributed by atoms with van der Waals surface area (Å²) in [5.41, 5.74) is 0.476. The van der Waals surface area contributed by atoms with Crippen molar-refractivity contribution in [3.8, 4) is 0 Å². The summed E-state index contributed by atoms with van der Waals surface area (Å²) in [5, 5.41) is 0. The lowest BCUT2D eigenvalue weighted by molar-refractivity contribution is -0.229. The molecular weight excluding hydrogens is 372 g/mol. The first-order valence-electron chi connectivity index (χ1n) is 8.58. The summed E-state index contributed by atoms with van der Waals surface area (Å²) < 4.78 is 22.1. The number of carbonyl (C=O) groups excluding carboxylic acids is 3. The van der Waals surface area contributed by atoms with E-state index in [1.165, 1.54) is 32.5 Å². The van der Waals surface area contributed by atoms with Gasteiger partial charge in [-0.2, -0.15) is 0 Å². The van der Waals surface area contributed by atoms with Gasteiger partial charge in [0.05, 0.1) is 6.10 Å². The van der Waals surface area contributed by atoms with Crippen molar-refractivity contribution in [2.24, 2.45) is 0 Å². The molecule has 0 amide bonds. The van der Waals surface area contributed by atoms with Crippen molar-refractivity contribution in [2.75, 3.05) is 0 Å². The zero-order valence-corrected chi connectivity index (χ0v) is 16.8. The number of thioether (sulfide) groups is 1. The van der Waals surface area contributed by atoms with Gasteiger partial charge >= 0.3 is 17.9 Å². The standard InChI is InChI=1S/C19H24O7S/c1-10-6-8-15(9-7-10)27-19-18(26-14(5)22)17(25-13(4)21)16(11(2)23-19)24-12(3)20/h6-9,11,16-19H,1-5H3/t11-,16+,17+,18-,19?/m0/s1. The third-order valence-corrected chi connectivity index (χ3v) is 5.06. The quantitative estimate of drug-likeness (QED) is 0.554. The fourth-order valence-electron chi connectivity index (χ4n) is 2.82. The molecule has 1 aromatic rings. The van der Waals surface area contributed by atoms with Gasteiger partial charge in [-0.05, 0) is 26.0 Å². The van der Waals surface area contributed by atoms with E-state index in [1.54, 1.807) is 6.92 Å². The van der Waals surface area contributed by atoms with Gasteiger partial charge in [0.25, 0.3) is 0 Å². The first kappa shape index (κ1) is 21.2. The topological polar surface area (TPSA) is 88.1 Å². The molecule has 0 N–H and O–H groups in total. The minimum Gasteiger partial charge on any atom is -0.456 e. The average Bonchev–Trinajstić information content (AvgIpc) is 2.55. The van der Waals surface area contributed by atoms with Crippen LogP contribution in [-0.2, 0) is 33.3 Å². The van der Waals surface area contributed by atoms with Gasteiger partial charge in [0.2, 0.25) is 0 Å². The van der Waals surface area contributed by atoms with Crippen LogP contribution in [0.2, 0.25) is 0 Å². The summed E-state index contributed by atoms with van der Waals surface area (Å²) >= 11 is 1.35. The van der Waals surface area contributed by atoms with Gasteiger partial charge in [0, 0.05) is 25.7 Å². The van der Waals surface area contributed by atoms with Crippen LogP contribution in [0.15, 0.2) is 29.2 Å². The van der Waals surface area contributed by atoms with Gasteiger partial charge in [0.1, 0.15) is 5.44 Å². The molecule has 2 rings (SSSR count). The smallest absolute Gasteiger partial charge is 0.303 e. The number of ether oxygens (including phenoxy) is 4. The van der Waals surface area contributed by atoms with E-state index in [4.69, 9.17) is 18.9 Å². The molecule has 0 spiro atoms. The molecule has 5 atom stereocenters. The van der Waals surface area contributed by atoms with E-state index in [0.717, 1.165) is 10.5 Å². The van der Waals surface area contributed by atoms with E-state index in [1.807, 2.05) is 31.2 Å². The lowest BCUT2D eigenvalue weighted by Crippen LogP contribution is -2.59. The van der Waals surface area contributed by atoms with Gasteiger partial charge in [-0.15, -0.1) is 0 Å². The second-order valence-electron chi connectivity index (χ2n) is 6.36. The Balaban J connectivity index is 2.33. The Morgan fingerprint density at radius 1 is 0.852 bits per heavy atom. The van der Waals surface area contributed by atoms with Crippen LogP contribution in [0.5, 0.6) is 0 Å². The van der Waals surface area contributed by atoms with Crippen molar-refractivity contribution in [2.45, 2.75) is 69.4 Å². The van der Waals surface area contributed by atoms with Gasteiger partial charge < -0.3 is 18.9 Å². The van der Waals surface area contributed by atoms with Crippen LogP contribution in [-0.4, -0.2) is 47.8 Å². The molecule has 1 aliphatic rings. The van der Waals surface area contributed by atoms with Crippen molar-refractivity contribution >= 4 is 29.7 Å². The first-order chi connectivity index (χ1) is 12.7. The number of esters is 3. The normalized spacial score (nSPS) is 27.5. The third kappa shape index (κ3) is 5.97. The molecule has 0 bridgehead atoms. The number of hydrogen-bond acceptors (Lipinski definition) is 8. The molecule has 1 fully saturated rings. The molecule has 1 unspecified atom stereocenters. The Morgan fingerprint density at radius 3 is 1.85 bits per heavy atom. The van der Waals surface area contributed by atoms with Crippen molar-refractivity contribution in [1.82, 2.24) is 0 Å². The van der Waals surface area contributed by atoms with Crippen LogP contribution in [0.25, 0.3) is 0 Å². The van der Waals surface area contributed by atoms with E-state index in [0.29, 0.717) is 0 Å². The van der Waals surface area contributed by atoms with Crippen LogP contribution in [0.4, 0.5) is 0 Å². The predicted octanol–water partition coefficient (Wildman–Crippen LogP) is 2.63. The molecular formula is C19H24O7S. The zero-order chi connectivity index (χ0) is 20.1. The molecule has 8 heteroatoms. The Hall–Kier alpha value is -2.06. The van der Waals surface area contributed by atoms with Gasteiger partial charge in [-0.1, -0.05) is 29.5 Å². The third-order valence-electron chi connectivity index (χ3n) is 3.91. The summed E-state index contributed by atoms with van der Waals surface area (Å²) in [5.74, 6) is -1.66. The van der Waals surface area contributed by atoms with Crippen LogP contribution < -0.4 is 0 Å². The Labute approximate surface area is 162 Å². The highest BCUT2D eigenvalue weighted by Crippen LogP contribution is 2.37. The molecule has 0 aliphatic carbocycles. The van der Waals surface area contributed by atoms with Crippen molar-refractivity contribution in [3.63, 3.8) is 0 Å². The van der Waals surface area contributed by atoms with E-state index in [9.17, 15) is 14.4 Å². The maximum absolute atomic E-state index is 11.7. The molecule has 0 saturated carbocycles. The minimum absolute atomic E-state index is 0.543.